The molecule has 2 aromatic rings. The van der Waals surface area contributed by atoms with Crippen molar-refractivity contribution < 1.29 is 4.79 Å². The number of pyridine rings is 1. The maximum Gasteiger partial charge on any atom is 0.259 e. The molecule has 2 unspecified atom stereocenters. The molecule has 0 spiro atoms. The number of hydrogen-bond donors (Lipinski definition) is 1. The second kappa shape index (κ2) is 5.78. The minimum absolute atomic E-state index is 0.109. The van der Waals surface area contributed by atoms with E-state index < -0.39 is 0 Å². The van der Waals surface area contributed by atoms with Crippen molar-refractivity contribution >= 4 is 32.7 Å². The summed E-state index contributed by atoms with van der Waals surface area (Å²) in [6.07, 6.45) is 7.41. The lowest BCUT2D eigenvalue weighted by Crippen LogP contribution is -2.41. The molecule has 1 saturated carbocycles. The quantitative estimate of drug-likeness (QED) is 0.827. The number of aromatic amines is 1. The molecule has 120 valence electrons. The van der Waals surface area contributed by atoms with Gasteiger partial charge in [0.15, 0.2) is 0 Å². The average molecular weight is 375 g/mol. The van der Waals surface area contributed by atoms with Crippen LogP contribution >= 0.6 is 15.9 Å². The van der Waals surface area contributed by atoms with Gasteiger partial charge in [0.05, 0.1) is 0 Å². The first kappa shape index (κ1) is 14.9. The number of nitrogens with zero attached hydrogens (tertiary/aromatic N) is 1. The number of carbonyl (C=O) groups excluding carboxylic acids is 1. The molecule has 2 aliphatic rings. The van der Waals surface area contributed by atoms with Gasteiger partial charge in [0.2, 0.25) is 5.43 Å². The molecule has 0 radical (unpaired) electrons. The van der Waals surface area contributed by atoms with Crippen LogP contribution < -0.4 is 5.43 Å². The van der Waals surface area contributed by atoms with Crippen LogP contribution in [0.15, 0.2) is 33.7 Å². The molecule has 2 atom stereocenters. The molecule has 0 bridgehead atoms. The van der Waals surface area contributed by atoms with Crippen LogP contribution in [0.4, 0.5) is 0 Å². The number of nitrogens with one attached hydrogen (secondary N) is 1. The first-order valence-corrected chi connectivity index (χ1v) is 9.06. The van der Waals surface area contributed by atoms with E-state index >= 15 is 0 Å². The Morgan fingerprint density at radius 1 is 1.22 bits per heavy atom. The number of likely N-dealkylation sites (tertiary alicyclic amines) is 1. The Morgan fingerprint density at radius 2 is 2.04 bits per heavy atom. The molecule has 1 aromatic carbocycles. The van der Waals surface area contributed by atoms with E-state index in [0.717, 1.165) is 29.4 Å². The molecule has 1 aliphatic carbocycles. The maximum absolute atomic E-state index is 12.9. The summed E-state index contributed by atoms with van der Waals surface area (Å²) in [7, 11) is 0. The minimum Gasteiger partial charge on any atom is -0.360 e. The van der Waals surface area contributed by atoms with Crippen molar-refractivity contribution in [1.29, 1.82) is 0 Å². The van der Waals surface area contributed by atoms with Crippen LogP contribution in [0.25, 0.3) is 10.9 Å². The molecule has 2 fully saturated rings. The number of fused-ring (bicyclic) bond motifs is 2. The first-order chi connectivity index (χ1) is 11.1. The smallest absolute Gasteiger partial charge is 0.259 e. The van der Waals surface area contributed by atoms with Crippen LogP contribution in [0, 0.1) is 5.92 Å². The van der Waals surface area contributed by atoms with Crippen LogP contribution in [0.2, 0.25) is 0 Å². The molecule has 1 aromatic heterocycles. The Labute approximate surface area is 143 Å². The molecule has 5 heteroatoms. The topological polar surface area (TPSA) is 53.2 Å². The Balaban J connectivity index is 1.72. The van der Waals surface area contributed by atoms with E-state index in [0.29, 0.717) is 17.3 Å². The van der Waals surface area contributed by atoms with Crippen LogP contribution in [0.3, 0.4) is 0 Å². The zero-order valence-corrected chi connectivity index (χ0v) is 14.4. The van der Waals surface area contributed by atoms with E-state index in [1.54, 1.807) is 12.3 Å². The van der Waals surface area contributed by atoms with Gasteiger partial charge in [-0.2, -0.15) is 0 Å². The van der Waals surface area contributed by atoms with Gasteiger partial charge in [-0.25, -0.2) is 0 Å². The summed E-state index contributed by atoms with van der Waals surface area (Å²) in [5, 5.41) is 0.560. The lowest BCUT2D eigenvalue weighted by Gasteiger charge is -2.31. The Morgan fingerprint density at radius 3 is 2.91 bits per heavy atom. The van der Waals surface area contributed by atoms with Crippen LogP contribution in [-0.2, 0) is 0 Å². The van der Waals surface area contributed by atoms with Crippen molar-refractivity contribution in [2.24, 2.45) is 5.92 Å². The molecule has 23 heavy (non-hydrogen) atoms. The van der Waals surface area contributed by atoms with Gasteiger partial charge >= 0.3 is 0 Å². The van der Waals surface area contributed by atoms with Crippen LogP contribution in [-0.4, -0.2) is 28.4 Å². The van der Waals surface area contributed by atoms with E-state index in [4.69, 9.17) is 0 Å². The van der Waals surface area contributed by atoms with Crippen molar-refractivity contribution in [3.8, 4) is 0 Å². The number of benzene rings is 1. The lowest BCUT2D eigenvalue weighted by molar-refractivity contribution is 0.0688. The van der Waals surface area contributed by atoms with Crippen molar-refractivity contribution in [3.63, 3.8) is 0 Å². The normalized spacial score (nSPS) is 24.0. The van der Waals surface area contributed by atoms with E-state index in [9.17, 15) is 9.59 Å². The Hall–Kier alpha value is -1.62. The molecule has 1 aliphatic heterocycles. The van der Waals surface area contributed by atoms with Gasteiger partial charge in [-0.3, -0.25) is 9.59 Å². The SMILES string of the molecule is O=C(c1c[nH]c2ccc(Br)cc2c1=O)N1CCC2CCCCC21. The number of aromatic nitrogens is 1. The number of rotatable bonds is 1. The van der Waals surface area contributed by atoms with Gasteiger partial charge in [-0.15, -0.1) is 0 Å². The second-order valence-electron chi connectivity index (χ2n) is 6.62. The fourth-order valence-electron chi connectivity index (χ4n) is 4.16. The van der Waals surface area contributed by atoms with E-state index in [1.807, 2.05) is 17.0 Å². The molecular formula is C18H19BrN2O2. The highest BCUT2D eigenvalue weighted by atomic mass is 79.9. The maximum atomic E-state index is 12.9. The highest BCUT2D eigenvalue weighted by Gasteiger charge is 2.39. The zero-order chi connectivity index (χ0) is 16.0. The predicted octanol–water partition coefficient (Wildman–Crippen LogP) is 3.70. The second-order valence-corrected chi connectivity index (χ2v) is 7.54. The lowest BCUT2D eigenvalue weighted by atomic mass is 9.85. The summed E-state index contributed by atoms with van der Waals surface area (Å²) in [5.74, 6) is 0.518. The summed E-state index contributed by atoms with van der Waals surface area (Å²) in [4.78, 5) is 30.7. The molecular weight excluding hydrogens is 356 g/mol. The van der Waals surface area contributed by atoms with Gasteiger partial charge in [0, 0.05) is 34.2 Å². The zero-order valence-electron chi connectivity index (χ0n) is 12.8. The Kier molecular flexibility index (Phi) is 3.76. The van der Waals surface area contributed by atoms with E-state index in [2.05, 4.69) is 20.9 Å². The third kappa shape index (κ3) is 2.51. The fourth-order valence-corrected chi connectivity index (χ4v) is 4.52. The van der Waals surface area contributed by atoms with Crippen LogP contribution in [0.1, 0.15) is 42.5 Å². The van der Waals surface area contributed by atoms with Crippen molar-refractivity contribution in [2.75, 3.05) is 6.54 Å². The molecule has 1 N–H and O–H groups in total. The van der Waals surface area contributed by atoms with Gasteiger partial charge in [0.1, 0.15) is 5.56 Å². The highest BCUT2D eigenvalue weighted by molar-refractivity contribution is 9.10. The van der Waals surface area contributed by atoms with Crippen molar-refractivity contribution in [2.45, 2.75) is 38.1 Å². The number of halogens is 1. The fraction of sp³-hybridized carbons (Fsp3) is 0.444. The van der Waals surface area contributed by atoms with Gasteiger partial charge in [0.25, 0.3) is 5.91 Å². The number of H-pyrrole nitrogens is 1. The standard InChI is InChI=1S/C18H19BrN2O2/c19-12-5-6-15-13(9-12)17(22)14(10-20-15)18(23)21-8-7-11-3-1-2-4-16(11)21/h5-6,9-11,16H,1-4,7-8H2,(H,20,22). The number of amides is 1. The Bertz CT molecular complexity index is 829. The summed E-state index contributed by atoms with van der Waals surface area (Å²) in [5.41, 5.74) is 0.845. The molecule has 2 heterocycles. The van der Waals surface area contributed by atoms with E-state index in [1.165, 1.54) is 19.3 Å². The summed E-state index contributed by atoms with van der Waals surface area (Å²) >= 11 is 3.39. The summed E-state index contributed by atoms with van der Waals surface area (Å²) in [6.45, 7) is 0.782. The largest absolute Gasteiger partial charge is 0.360 e. The van der Waals surface area contributed by atoms with E-state index in [-0.39, 0.29) is 16.9 Å². The summed E-state index contributed by atoms with van der Waals surface area (Å²) in [6, 6.07) is 5.83. The van der Waals surface area contributed by atoms with Gasteiger partial charge < -0.3 is 9.88 Å². The molecule has 1 saturated heterocycles. The molecule has 4 rings (SSSR count). The number of hydrogen-bond acceptors (Lipinski definition) is 2. The monoisotopic (exact) mass is 374 g/mol. The summed E-state index contributed by atoms with van der Waals surface area (Å²) < 4.78 is 0.841. The minimum atomic E-state index is -0.177. The van der Waals surface area contributed by atoms with Crippen LogP contribution in [0.5, 0.6) is 0 Å². The predicted molar refractivity (Wildman–Crippen MR) is 93.7 cm³/mol. The average Bonchev–Trinajstić information content (AvgIpc) is 2.99. The van der Waals surface area contributed by atoms with Crippen molar-refractivity contribution in [3.05, 3.63) is 44.7 Å². The molecule has 1 amide bonds. The highest BCUT2D eigenvalue weighted by Crippen LogP contribution is 2.36. The number of carbonyl (C=O) groups is 1. The first-order valence-electron chi connectivity index (χ1n) is 8.27. The van der Waals surface area contributed by atoms with Gasteiger partial charge in [-0.1, -0.05) is 28.8 Å². The van der Waals surface area contributed by atoms with Crippen molar-refractivity contribution in [1.82, 2.24) is 9.88 Å². The third-order valence-electron chi connectivity index (χ3n) is 5.34. The third-order valence-corrected chi connectivity index (χ3v) is 5.84. The molecule has 4 nitrogen and oxygen atoms in total. The van der Waals surface area contributed by atoms with Gasteiger partial charge in [-0.05, 0) is 43.4 Å².